The van der Waals surface area contributed by atoms with Crippen LogP contribution in [0.5, 0.6) is 0 Å². The largest absolute Gasteiger partial charge is 0.353 e. The lowest BCUT2D eigenvalue weighted by atomic mass is 10.1. The lowest BCUT2D eigenvalue weighted by Gasteiger charge is -2.36. The number of nitrogens with zero attached hydrogens (tertiary/aromatic N) is 5. The molecule has 2 fully saturated rings. The van der Waals surface area contributed by atoms with Gasteiger partial charge in [0.15, 0.2) is 0 Å². The second kappa shape index (κ2) is 8.76. The molecule has 2 aliphatic rings. The van der Waals surface area contributed by atoms with Gasteiger partial charge in [-0.25, -0.2) is 9.37 Å². The fourth-order valence-corrected chi connectivity index (χ4v) is 4.04. The third-order valence-electron chi connectivity index (χ3n) is 5.72. The van der Waals surface area contributed by atoms with Gasteiger partial charge in [-0.2, -0.15) is 4.98 Å². The van der Waals surface area contributed by atoms with E-state index in [4.69, 9.17) is 4.98 Å². The number of halogens is 1. The summed E-state index contributed by atoms with van der Waals surface area (Å²) < 4.78 is 13.8. The van der Waals surface area contributed by atoms with Crippen molar-refractivity contribution in [2.45, 2.75) is 32.6 Å². The SMILES string of the molecule is Cc1cc(N2CCN(C(=O)Cc3ccccc3F)CC2)nc(N2CCCCC2)n1. The molecule has 1 amide bonds. The van der Waals surface area contributed by atoms with Crippen molar-refractivity contribution >= 4 is 17.7 Å². The molecule has 6 nitrogen and oxygen atoms in total. The highest BCUT2D eigenvalue weighted by atomic mass is 19.1. The number of benzene rings is 1. The van der Waals surface area contributed by atoms with Crippen LogP contribution in [0.2, 0.25) is 0 Å². The fraction of sp³-hybridized carbons (Fsp3) is 0.500. The Hall–Kier alpha value is -2.70. The molecule has 7 heteroatoms. The molecule has 0 bridgehead atoms. The van der Waals surface area contributed by atoms with E-state index in [1.807, 2.05) is 17.9 Å². The first-order valence-electron chi connectivity index (χ1n) is 10.5. The minimum absolute atomic E-state index is 0.0253. The Labute approximate surface area is 171 Å². The van der Waals surface area contributed by atoms with Gasteiger partial charge in [0.1, 0.15) is 11.6 Å². The summed E-state index contributed by atoms with van der Waals surface area (Å²) in [5.74, 6) is 1.40. The number of aryl methyl sites for hydroxylation is 1. The van der Waals surface area contributed by atoms with Crippen molar-refractivity contribution in [1.82, 2.24) is 14.9 Å². The van der Waals surface area contributed by atoms with Gasteiger partial charge in [0.2, 0.25) is 11.9 Å². The van der Waals surface area contributed by atoms with Gasteiger partial charge >= 0.3 is 0 Å². The van der Waals surface area contributed by atoms with Gasteiger partial charge in [0.25, 0.3) is 0 Å². The molecule has 4 rings (SSSR count). The van der Waals surface area contributed by atoms with E-state index in [9.17, 15) is 9.18 Å². The summed E-state index contributed by atoms with van der Waals surface area (Å²) >= 11 is 0. The summed E-state index contributed by atoms with van der Waals surface area (Å²) in [5, 5.41) is 0. The molecule has 0 N–H and O–H groups in total. The molecule has 29 heavy (non-hydrogen) atoms. The predicted molar refractivity (Wildman–Crippen MR) is 112 cm³/mol. The Balaban J connectivity index is 1.38. The number of carbonyl (C=O) groups excluding carboxylic acids is 1. The highest BCUT2D eigenvalue weighted by molar-refractivity contribution is 5.79. The molecule has 0 atom stereocenters. The zero-order valence-electron chi connectivity index (χ0n) is 17.0. The third-order valence-corrected chi connectivity index (χ3v) is 5.72. The minimum Gasteiger partial charge on any atom is -0.353 e. The zero-order valence-corrected chi connectivity index (χ0v) is 17.0. The molecule has 0 radical (unpaired) electrons. The highest BCUT2D eigenvalue weighted by Crippen LogP contribution is 2.22. The molecule has 0 spiro atoms. The van der Waals surface area contributed by atoms with E-state index in [-0.39, 0.29) is 18.1 Å². The van der Waals surface area contributed by atoms with E-state index in [2.05, 4.69) is 14.8 Å². The van der Waals surface area contributed by atoms with Crippen LogP contribution in [0.4, 0.5) is 16.2 Å². The summed E-state index contributed by atoms with van der Waals surface area (Å²) in [5.41, 5.74) is 1.42. The summed E-state index contributed by atoms with van der Waals surface area (Å²) in [6.07, 6.45) is 3.77. The van der Waals surface area contributed by atoms with Crippen LogP contribution in [0.25, 0.3) is 0 Å². The monoisotopic (exact) mass is 397 g/mol. The molecule has 0 aliphatic carbocycles. The van der Waals surface area contributed by atoms with E-state index in [1.165, 1.54) is 25.3 Å². The first-order valence-corrected chi connectivity index (χ1v) is 10.5. The normalized spacial score (nSPS) is 17.5. The molecule has 1 aromatic carbocycles. The van der Waals surface area contributed by atoms with Gasteiger partial charge in [-0.15, -0.1) is 0 Å². The Kier molecular flexibility index (Phi) is 5.92. The summed E-state index contributed by atoms with van der Waals surface area (Å²) in [4.78, 5) is 28.4. The van der Waals surface area contributed by atoms with Crippen LogP contribution in [0.3, 0.4) is 0 Å². The van der Waals surface area contributed by atoms with Crippen molar-refractivity contribution in [3.63, 3.8) is 0 Å². The maximum Gasteiger partial charge on any atom is 0.227 e. The van der Waals surface area contributed by atoms with Gasteiger partial charge in [-0.1, -0.05) is 18.2 Å². The van der Waals surface area contributed by atoms with Crippen LogP contribution in [0.1, 0.15) is 30.5 Å². The molecule has 0 saturated carbocycles. The number of aromatic nitrogens is 2. The highest BCUT2D eigenvalue weighted by Gasteiger charge is 2.24. The Bertz CT molecular complexity index is 860. The minimum atomic E-state index is -0.318. The van der Waals surface area contributed by atoms with Gasteiger partial charge in [-0.3, -0.25) is 4.79 Å². The van der Waals surface area contributed by atoms with Crippen LogP contribution >= 0.6 is 0 Å². The first kappa shape index (κ1) is 19.6. The Morgan fingerprint density at radius 2 is 1.69 bits per heavy atom. The molecule has 2 aliphatic heterocycles. The maximum absolute atomic E-state index is 13.8. The van der Waals surface area contributed by atoms with E-state index in [0.717, 1.165) is 43.6 Å². The molecule has 2 aromatic rings. The predicted octanol–water partition coefficient (Wildman–Crippen LogP) is 2.81. The van der Waals surface area contributed by atoms with E-state index >= 15 is 0 Å². The second-order valence-corrected chi connectivity index (χ2v) is 7.85. The molecule has 0 unspecified atom stereocenters. The number of hydrogen-bond donors (Lipinski definition) is 0. The fourth-order valence-electron chi connectivity index (χ4n) is 4.04. The quantitative estimate of drug-likeness (QED) is 0.794. The Morgan fingerprint density at radius 3 is 2.41 bits per heavy atom. The van der Waals surface area contributed by atoms with E-state index < -0.39 is 0 Å². The Morgan fingerprint density at radius 1 is 0.966 bits per heavy atom. The number of anilines is 2. The smallest absolute Gasteiger partial charge is 0.227 e. The van der Waals surface area contributed by atoms with Gasteiger partial charge in [0.05, 0.1) is 6.42 Å². The molecule has 2 saturated heterocycles. The van der Waals surface area contributed by atoms with Gasteiger partial charge in [0, 0.05) is 51.0 Å². The summed E-state index contributed by atoms with van der Waals surface area (Å²) in [6, 6.07) is 8.50. The lowest BCUT2D eigenvalue weighted by molar-refractivity contribution is -0.130. The number of carbonyl (C=O) groups is 1. The topological polar surface area (TPSA) is 52.6 Å². The first-order chi connectivity index (χ1) is 14.1. The van der Waals surface area contributed by atoms with Crippen LogP contribution in [0.15, 0.2) is 30.3 Å². The number of piperidine rings is 1. The molecule has 3 heterocycles. The van der Waals surface area contributed by atoms with E-state index in [1.54, 1.807) is 18.2 Å². The van der Waals surface area contributed by atoms with Crippen molar-refractivity contribution in [3.05, 3.63) is 47.4 Å². The molecular formula is C22H28FN5O. The molecule has 1 aromatic heterocycles. The third kappa shape index (κ3) is 4.66. The van der Waals surface area contributed by atoms with Crippen molar-refractivity contribution < 1.29 is 9.18 Å². The molecule has 154 valence electrons. The average molecular weight is 397 g/mol. The number of hydrogen-bond acceptors (Lipinski definition) is 5. The van der Waals surface area contributed by atoms with Crippen molar-refractivity contribution in [3.8, 4) is 0 Å². The van der Waals surface area contributed by atoms with Crippen LogP contribution in [0, 0.1) is 12.7 Å². The van der Waals surface area contributed by atoms with Crippen LogP contribution < -0.4 is 9.80 Å². The molecular weight excluding hydrogens is 369 g/mol. The van der Waals surface area contributed by atoms with Gasteiger partial charge in [-0.05, 0) is 37.8 Å². The number of piperazine rings is 1. The van der Waals surface area contributed by atoms with Crippen LogP contribution in [-0.4, -0.2) is 60.0 Å². The van der Waals surface area contributed by atoms with Crippen molar-refractivity contribution in [2.75, 3.05) is 49.1 Å². The van der Waals surface area contributed by atoms with Crippen molar-refractivity contribution in [2.24, 2.45) is 0 Å². The van der Waals surface area contributed by atoms with Gasteiger partial charge < -0.3 is 14.7 Å². The summed E-state index contributed by atoms with van der Waals surface area (Å²) in [7, 11) is 0. The summed E-state index contributed by atoms with van der Waals surface area (Å²) in [6.45, 7) is 6.72. The average Bonchev–Trinajstić information content (AvgIpc) is 2.75. The second-order valence-electron chi connectivity index (χ2n) is 7.85. The lowest BCUT2D eigenvalue weighted by Crippen LogP contribution is -2.49. The standard InChI is InChI=1S/C22H28FN5O/c1-17-15-20(25-22(24-17)28-9-5-2-6-10-28)26-11-13-27(14-12-26)21(29)16-18-7-3-4-8-19(18)23/h3-4,7-8,15H,2,5-6,9-14,16H2,1H3. The number of rotatable bonds is 4. The van der Waals surface area contributed by atoms with Crippen molar-refractivity contribution in [1.29, 1.82) is 0 Å². The zero-order chi connectivity index (χ0) is 20.2. The van der Waals surface area contributed by atoms with E-state index in [0.29, 0.717) is 18.7 Å². The van der Waals surface area contributed by atoms with Crippen LogP contribution in [-0.2, 0) is 11.2 Å². The number of amides is 1. The maximum atomic E-state index is 13.8.